The number of nitrogens with zero attached hydrogens (tertiary/aromatic N) is 2. The van der Waals surface area contributed by atoms with Gasteiger partial charge >= 0.3 is 0 Å². The fourth-order valence-corrected chi connectivity index (χ4v) is 5.25. The Hall–Kier alpha value is -3.52. The normalized spacial score (nSPS) is 22.1. The number of hydrogen-bond donors (Lipinski definition) is 2. The number of imide groups is 2. The lowest BCUT2D eigenvalue weighted by Crippen LogP contribution is -2.54. The van der Waals surface area contributed by atoms with E-state index in [2.05, 4.69) is 40.7 Å². The summed E-state index contributed by atoms with van der Waals surface area (Å²) < 4.78 is 0. The van der Waals surface area contributed by atoms with E-state index in [0.29, 0.717) is 23.7 Å². The Balaban J connectivity index is 1.40. The Morgan fingerprint density at radius 1 is 0.941 bits per heavy atom. The molecule has 1 saturated heterocycles. The van der Waals surface area contributed by atoms with E-state index in [9.17, 15) is 19.2 Å². The van der Waals surface area contributed by atoms with Crippen molar-refractivity contribution in [2.24, 2.45) is 0 Å². The molecule has 0 aromatic heterocycles. The van der Waals surface area contributed by atoms with E-state index in [4.69, 9.17) is 0 Å². The van der Waals surface area contributed by atoms with E-state index in [1.807, 2.05) is 13.1 Å². The Kier molecular flexibility index (Phi) is 5.69. The van der Waals surface area contributed by atoms with Gasteiger partial charge in [0, 0.05) is 31.2 Å². The third kappa shape index (κ3) is 3.77. The highest BCUT2D eigenvalue weighted by Crippen LogP contribution is 2.34. The van der Waals surface area contributed by atoms with Crippen molar-refractivity contribution in [1.29, 1.82) is 0 Å². The second-order valence-corrected chi connectivity index (χ2v) is 9.34. The van der Waals surface area contributed by atoms with Crippen molar-refractivity contribution in [1.82, 2.24) is 15.5 Å². The lowest BCUT2D eigenvalue weighted by Gasteiger charge is -2.37. The van der Waals surface area contributed by atoms with E-state index in [-0.39, 0.29) is 18.7 Å². The first-order valence-corrected chi connectivity index (χ1v) is 11.7. The summed E-state index contributed by atoms with van der Waals surface area (Å²) in [6, 6.07) is 11.3. The molecule has 0 bridgehead atoms. The zero-order chi connectivity index (χ0) is 24.0. The van der Waals surface area contributed by atoms with Crippen LogP contribution >= 0.6 is 0 Å². The summed E-state index contributed by atoms with van der Waals surface area (Å²) in [6.45, 7) is 3.65. The molecular weight excluding hydrogens is 432 g/mol. The number of benzene rings is 2. The third-order valence-electron chi connectivity index (χ3n) is 7.05. The van der Waals surface area contributed by atoms with Crippen molar-refractivity contribution in [3.63, 3.8) is 0 Å². The Morgan fingerprint density at radius 3 is 2.47 bits per heavy atom. The van der Waals surface area contributed by atoms with Crippen molar-refractivity contribution in [2.75, 3.05) is 11.9 Å². The number of rotatable bonds is 5. The predicted molar refractivity (Wildman–Crippen MR) is 126 cm³/mol. The number of nitrogens with one attached hydrogen (secondary N) is 2. The van der Waals surface area contributed by atoms with Gasteiger partial charge in [0.25, 0.3) is 11.8 Å². The minimum atomic E-state index is -0.950. The van der Waals surface area contributed by atoms with Crippen LogP contribution < -0.4 is 15.5 Å². The number of hydrogen-bond acceptors (Lipinski definition) is 6. The molecule has 2 aromatic carbocycles. The highest BCUT2D eigenvalue weighted by molar-refractivity contribution is 6.23. The van der Waals surface area contributed by atoms with Gasteiger partial charge in [-0.15, -0.1) is 0 Å². The zero-order valence-electron chi connectivity index (χ0n) is 19.4. The average Bonchev–Trinajstić information content (AvgIpc) is 3.06. The van der Waals surface area contributed by atoms with Crippen LogP contribution in [0.5, 0.6) is 0 Å². The van der Waals surface area contributed by atoms with Crippen LogP contribution in [-0.4, -0.2) is 47.7 Å². The summed E-state index contributed by atoms with van der Waals surface area (Å²) in [5, 5.41) is 5.43. The highest BCUT2D eigenvalue weighted by Gasteiger charge is 2.44. The summed E-state index contributed by atoms with van der Waals surface area (Å²) in [6.07, 6.45) is 2.34. The molecule has 4 amide bonds. The molecule has 8 nitrogen and oxygen atoms in total. The lowest BCUT2D eigenvalue weighted by molar-refractivity contribution is -0.136. The number of aryl methyl sites for hydroxylation is 1. The van der Waals surface area contributed by atoms with Gasteiger partial charge in [-0.05, 0) is 68.1 Å². The number of anilines is 1. The quantitative estimate of drug-likeness (QED) is 0.664. The van der Waals surface area contributed by atoms with E-state index in [0.717, 1.165) is 29.8 Å². The van der Waals surface area contributed by atoms with Crippen molar-refractivity contribution in [3.8, 4) is 0 Å². The van der Waals surface area contributed by atoms with Gasteiger partial charge in [0.2, 0.25) is 11.8 Å². The number of amides is 4. The monoisotopic (exact) mass is 460 g/mol. The van der Waals surface area contributed by atoms with Gasteiger partial charge in [0.05, 0.1) is 11.1 Å². The fourth-order valence-electron chi connectivity index (χ4n) is 5.25. The van der Waals surface area contributed by atoms with Gasteiger partial charge in [0.15, 0.2) is 0 Å². The third-order valence-corrected chi connectivity index (χ3v) is 7.05. The van der Waals surface area contributed by atoms with Crippen LogP contribution in [0.2, 0.25) is 0 Å². The van der Waals surface area contributed by atoms with Crippen molar-refractivity contribution < 1.29 is 19.2 Å². The van der Waals surface area contributed by atoms with Crippen LogP contribution in [0.1, 0.15) is 63.6 Å². The fraction of sp³-hybridized carbons (Fsp3) is 0.385. The molecule has 0 spiro atoms. The van der Waals surface area contributed by atoms with Gasteiger partial charge in [0.1, 0.15) is 6.04 Å². The first-order chi connectivity index (χ1) is 16.4. The second kappa shape index (κ2) is 8.68. The van der Waals surface area contributed by atoms with Gasteiger partial charge in [-0.1, -0.05) is 18.2 Å². The Bertz CT molecular complexity index is 1210. The van der Waals surface area contributed by atoms with Crippen LogP contribution in [-0.2, 0) is 29.1 Å². The molecule has 2 aromatic rings. The molecule has 2 unspecified atom stereocenters. The maximum absolute atomic E-state index is 13.2. The minimum Gasteiger partial charge on any atom is -0.364 e. The SMILES string of the molecule is CNCc1ccc2c(c1)CCC(C)N2Cc1ccc2c(c1)C(=O)N(C1CCC(=O)NC1=O)C2=O. The minimum absolute atomic E-state index is 0.108. The molecule has 0 radical (unpaired) electrons. The van der Waals surface area contributed by atoms with E-state index in [1.165, 1.54) is 16.8 Å². The molecule has 3 aliphatic rings. The van der Waals surface area contributed by atoms with Crippen LogP contribution in [0, 0.1) is 0 Å². The highest BCUT2D eigenvalue weighted by atomic mass is 16.2. The molecule has 3 aliphatic heterocycles. The van der Waals surface area contributed by atoms with Gasteiger partial charge in [-0.3, -0.25) is 29.4 Å². The van der Waals surface area contributed by atoms with Gasteiger partial charge in [-0.25, -0.2) is 0 Å². The summed E-state index contributed by atoms with van der Waals surface area (Å²) in [4.78, 5) is 53.3. The molecule has 0 saturated carbocycles. The topological polar surface area (TPSA) is 98.8 Å². The first kappa shape index (κ1) is 22.3. The lowest BCUT2D eigenvalue weighted by atomic mass is 9.94. The molecule has 0 aliphatic carbocycles. The van der Waals surface area contributed by atoms with Crippen LogP contribution in [0.25, 0.3) is 0 Å². The molecule has 3 heterocycles. The number of carbonyl (C=O) groups excluding carboxylic acids is 4. The first-order valence-electron chi connectivity index (χ1n) is 11.7. The number of fused-ring (bicyclic) bond motifs is 2. The van der Waals surface area contributed by atoms with E-state index >= 15 is 0 Å². The summed E-state index contributed by atoms with van der Waals surface area (Å²) >= 11 is 0. The van der Waals surface area contributed by atoms with Gasteiger partial charge in [-0.2, -0.15) is 0 Å². The molecule has 1 fully saturated rings. The van der Waals surface area contributed by atoms with Crippen LogP contribution in [0.3, 0.4) is 0 Å². The molecule has 8 heteroatoms. The predicted octanol–water partition coefficient (Wildman–Crippen LogP) is 2.15. The summed E-state index contributed by atoms with van der Waals surface area (Å²) in [5.74, 6) is -1.92. The van der Waals surface area contributed by atoms with Crippen LogP contribution in [0.4, 0.5) is 5.69 Å². The Morgan fingerprint density at radius 2 is 1.71 bits per heavy atom. The molecule has 34 heavy (non-hydrogen) atoms. The van der Waals surface area contributed by atoms with Crippen molar-refractivity contribution >= 4 is 29.3 Å². The molecular formula is C26H28N4O4. The zero-order valence-corrected chi connectivity index (χ0v) is 19.4. The maximum atomic E-state index is 13.2. The number of piperidine rings is 1. The standard InChI is InChI=1S/C26H28N4O4/c1-15-3-6-18-11-16(13-27-2)5-8-21(18)29(15)14-17-4-7-19-20(12-17)26(34)30(25(19)33)22-9-10-23(31)28-24(22)32/h4-5,7-8,11-12,15,22,27H,3,6,9-10,13-14H2,1-2H3,(H,28,31,32). The summed E-state index contributed by atoms with van der Waals surface area (Å²) in [5.41, 5.74) is 5.34. The smallest absolute Gasteiger partial charge is 0.262 e. The Labute approximate surface area is 198 Å². The summed E-state index contributed by atoms with van der Waals surface area (Å²) in [7, 11) is 1.94. The molecule has 2 atom stereocenters. The largest absolute Gasteiger partial charge is 0.364 e. The van der Waals surface area contributed by atoms with Crippen molar-refractivity contribution in [3.05, 3.63) is 64.2 Å². The molecule has 176 valence electrons. The van der Waals surface area contributed by atoms with Gasteiger partial charge < -0.3 is 10.2 Å². The molecule has 2 N–H and O–H groups in total. The number of carbonyl (C=O) groups is 4. The van der Waals surface area contributed by atoms with Crippen LogP contribution in [0.15, 0.2) is 36.4 Å². The van der Waals surface area contributed by atoms with Crippen molar-refractivity contribution in [2.45, 2.75) is 57.8 Å². The second-order valence-electron chi connectivity index (χ2n) is 9.34. The molecule has 5 rings (SSSR count). The average molecular weight is 461 g/mol. The van der Waals surface area contributed by atoms with E-state index < -0.39 is 23.8 Å². The maximum Gasteiger partial charge on any atom is 0.262 e. The van der Waals surface area contributed by atoms with E-state index in [1.54, 1.807) is 12.1 Å².